The van der Waals surface area contributed by atoms with Crippen molar-refractivity contribution in [1.29, 1.82) is 0 Å². The Kier molecular flexibility index (Phi) is 6.08. The van der Waals surface area contributed by atoms with Gasteiger partial charge < -0.3 is 10.7 Å². The van der Waals surface area contributed by atoms with Crippen LogP contribution in [0.25, 0.3) is 21.5 Å². The Balaban J connectivity index is 0.00000225. The fraction of sp³-hybridized carbons (Fsp3) is 0.167. The van der Waals surface area contributed by atoms with Crippen molar-refractivity contribution in [3.63, 3.8) is 0 Å². The molecule has 4 rings (SSSR count). The Morgan fingerprint density at radius 3 is 3.00 bits per heavy atom. The second-order valence-electron chi connectivity index (χ2n) is 6.04. The van der Waals surface area contributed by atoms with E-state index >= 15 is 0 Å². The average molecular weight is 421 g/mol. The molecule has 0 saturated heterocycles. The molecular weight excluding hydrogens is 403 g/mol. The molecule has 3 N–H and O–H groups in total. The standard InChI is InChI=1S/C18H17FN6OS.ClH/c19-6-12(7-20)9-25-18(26)24(11-23-25)10-13-3-4-16(27-13)15-8-22-17-14(15)2-1-5-21-17;/h1-6,8,11H,7,9-10,20H2,(H,21,22);1H/b12-6+;. The summed E-state index contributed by atoms with van der Waals surface area (Å²) >= 11 is 1.61. The first-order chi connectivity index (χ1) is 13.2. The van der Waals surface area contributed by atoms with Crippen molar-refractivity contribution in [3.05, 3.63) is 70.3 Å². The van der Waals surface area contributed by atoms with Gasteiger partial charge in [0.2, 0.25) is 0 Å². The molecule has 0 aromatic carbocycles. The first-order valence-corrected chi connectivity index (χ1v) is 9.13. The lowest BCUT2D eigenvalue weighted by Crippen LogP contribution is -2.26. The Morgan fingerprint density at radius 2 is 2.21 bits per heavy atom. The molecule has 7 nitrogen and oxygen atoms in total. The van der Waals surface area contributed by atoms with E-state index < -0.39 is 0 Å². The lowest BCUT2D eigenvalue weighted by molar-refractivity contribution is 0.604. The van der Waals surface area contributed by atoms with Gasteiger partial charge in [0.15, 0.2) is 0 Å². The number of halogens is 2. The quantitative estimate of drug-likeness (QED) is 0.501. The van der Waals surface area contributed by atoms with Crippen molar-refractivity contribution in [2.75, 3.05) is 6.54 Å². The molecule has 0 fully saturated rings. The highest BCUT2D eigenvalue weighted by Gasteiger charge is 2.12. The predicted octanol–water partition coefficient (Wildman–Crippen LogP) is 2.93. The van der Waals surface area contributed by atoms with Crippen molar-refractivity contribution >= 4 is 34.8 Å². The molecule has 10 heteroatoms. The van der Waals surface area contributed by atoms with E-state index in [0.717, 1.165) is 26.4 Å². The summed E-state index contributed by atoms with van der Waals surface area (Å²) in [6.07, 6.45) is 5.58. The molecule has 0 amide bonds. The number of aromatic nitrogens is 5. The normalized spacial score (nSPS) is 11.7. The van der Waals surface area contributed by atoms with Gasteiger partial charge in [0, 0.05) is 39.6 Å². The first-order valence-electron chi connectivity index (χ1n) is 8.31. The van der Waals surface area contributed by atoms with E-state index in [9.17, 15) is 9.18 Å². The summed E-state index contributed by atoms with van der Waals surface area (Å²) in [5.41, 5.74) is 7.38. The van der Waals surface area contributed by atoms with Gasteiger partial charge in [-0.2, -0.15) is 5.10 Å². The largest absolute Gasteiger partial charge is 0.346 e. The molecule has 28 heavy (non-hydrogen) atoms. The van der Waals surface area contributed by atoms with Gasteiger partial charge in [-0.05, 0) is 29.8 Å². The molecule has 146 valence electrons. The summed E-state index contributed by atoms with van der Waals surface area (Å²) in [4.78, 5) is 22.0. The first kappa shape index (κ1) is 20.0. The molecule has 4 aromatic heterocycles. The van der Waals surface area contributed by atoms with Crippen molar-refractivity contribution in [2.24, 2.45) is 5.73 Å². The van der Waals surface area contributed by atoms with Crippen LogP contribution in [0.15, 0.2) is 59.7 Å². The lowest BCUT2D eigenvalue weighted by atomic mass is 10.2. The van der Waals surface area contributed by atoms with Crippen LogP contribution in [-0.4, -0.2) is 30.9 Å². The second-order valence-corrected chi connectivity index (χ2v) is 7.21. The zero-order valence-corrected chi connectivity index (χ0v) is 16.3. The third kappa shape index (κ3) is 3.77. The van der Waals surface area contributed by atoms with Crippen molar-refractivity contribution in [3.8, 4) is 10.4 Å². The van der Waals surface area contributed by atoms with Crippen LogP contribution >= 0.6 is 23.7 Å². The van der Waals surface area contributed by atoms with Gasteiger partial charge in [-0.1, -0.05) is 0 Å². The van der Waals surface area contributed by atoms with Gasteiger partial charge in [-0.3, -0.25) is 4.57 Å². The number of fused-ring (bicyclic) bond motifs is 1. The van der Waals surface area contributed by atoms with Crippen LogP contribution in [0.3, 0.4) is 0 Å². The highest BCUT2D eigenvalue weighted by molar-refractivity contribution is 7.15. The molecule has 0 radical (unpaired) electrons. The van der Waals surface area contributed by atoms with Gasteiger partial charge in [0.1, 0.15) is 12.0 Å². The van der Waals surface area contributed by atoms with Crippen LogP contribution in [0.5, 0.6) is 0 Å². The molecule has 0 aliphatic heterocycles. The number of aromatic amines is 1. The zero-order valence-electron chi connectivity index (χ0n) is 14.7. The fourth-order valence-electron chi connectivity index (χ4n) is 2.86. The molecular formula is C18H18ClFN6OS. The predicted molar refractivity (Wildman–Crippen MR) is 110 cm³/mol. The third-order valence-corrected chi connectivity index (χ3v) is 5.37. The number of H-pyrrole nitrogens is 1. The number of pyridine rings is 1. The summed E-state index contributed by atoms with van der Waals surface area (Å²) in [6, 6.07) is 7.95. The summed E-state index contributed by atoms with van der Waals surface area (Å²) in [5, 5.41) is 5.10. The summed E-state index contributed by atoms with van der Waals surface area (Å²) < 4.78 is 15.4. The van der Waals surface area contributed by atoms with E-state index in [2.05, 4.69) is 15.1 Å². The van der Waals surface area contributed by atoms with Crippen LogP contribution in [0.4, 0.5) is 4.39 Å². The second kappa shape index (κ2) is 8.51. The van der Waals surface area contributed by atoms with Gasteiger partial charge in [-0.25, -0.2) is 18.9 Å². The number of thiophene rings is 1. The number of hydrogen-bond acceptors (Lipinski definition) is 5. The molecule has 4 heterocycles. The minimum absolute atomic E-state index is 0. The van der Waals surface area contributed by atoms with Gasteiger partial charge in [0.05, 0.1) is 19.4 Å². The Bertz CT molecular complexity index is 1170. The lowest BCUT2D eigenvalue weighted by Gasteiger charge is -2.01. The minimum Gasteiger partial charge on any atom is -0.345 e. The van der Waals surface area contributed by atoms with Crippen molar-refractivity contribution < 1.29 is 4.39 Å². The van der Waals surface area contributed by atoms with Gasteiger partial charge >= 0.3 is 5.69 Å². The summed E-state index contributed by atoms with van der Waals surface area (Å²) in [5.74, 6) is 0. The molecule has 0 spiro atoms. The Morgan fingerprint density at radius 1 is 1.36 bits per heavy atom. The van der Waals surface area contributed by atoms with E-state index in [1.165, 1.54) is 15.6 Å². The van der Waals surface area contributed by atoms with Crippen LogP contribution in [-0.2, 0) is 13.1 Å². The van der Waals surface area contributed by atoms with Crippen LogP contribution in [0.2, 0.25) is 0 Å². The molecule has 0 bridgehead atoms. The van der Waals surface area contributed by atoms with E-state index in [1.807, 2.05) is 30.5 Å². The van der Waals surface area contributed by atoms with E-state index in [-0.39, 0.29) is 31.2 Å². The Hall–Kier alpha value is -2.75. The SMILES string of the molecule is Cl.NC/C(=C\F)Cn1ncn(Cc2ccc(-c3c[nH]c4ncccc34)s2)c1=O. The van der Waals surface area contributed by atoms with Crippen molar-refractivity contribution in [1.82, 2.24) is 24.3 Å². The summed E-state index contributed by atoms with van der Waals surface area (Å²) in [6.45, 7) is 0.502. The van der Waals surface area contributed by atoms with E-state index in [1.54, 1.807) is 17.5 Å². The minimum atomic E-state index is -0.297. The van der Waals surface area contributed by atoms with Crippen LogP contribution in [0.1, 0.15) is 4.88 Å². The molecule has 0 atom stereocenters. The van der Waals surface area contributed by atoms with Crippen LogP contribution in [0, 0.1) is 0 Å². The van der Waals surface area contributed by atoms with Gasteiger partial charge in [0.25, 0.3) is 0 Å². The molecule has 0 unspecified atom stereocenters. The van der Waals surface area contributed by atoms with E-state index in [4.69, 9.17) is 5.73 Å². The molecule has 4 aromatic rings. The maximum Gasteiger partial charge on any atom is 0.346 e. The number of hydrogen-bond donors (Lipinski definition) is 2. The maximum absolute atomic E-state index is 12.7. The van der Waals surface area contributed by atoms with Crippen molar-refractivity contribution in [2.45, 2.75) is 13.1 Å². The van der Waals surface area contributed by atoms with Crippen LogP contribution < -0.4 is 11.4 Å². The average Bonchev–Trinajstić information content (AvgIpc) is 3.40. The number of nitrogens with two attached hydrogens (primary N) is 1. The monoisotopic (exact) mass is 420 g/mol. The molecule has 0 saturated carbocycles. The highest BCUT2D eigenvalue weighted by Crippen LogP contribution is 2.33. The maximum atomic E-state index is 12.7. The smallest absolute Gasteiger partial charge is 0.345 e. The molecule has 0 aliphatic rings. The fourth-order valence-corrected chi connectivity index (χ4v) is 3.90. The Labute approximate surface area is 169 Å². The number of nitrogens with one attached hydrogen (secondary N) is 1. The topological polar surface area (TPSA) is 94.5 Å². The third-order valence-electron chi connectivity index (χ3n) is 4.27. The highest BCUT2D eigenvalue weighted by atomic mass is 35.5. The summed E-state index contributed by atoms with van der Waals surface area (Å²) in [7, 11) is 0. The molecule has 0 aliphatic carbocycles. The number of nitrogens with zero attached hydrogens (tertiary/aromatic N) is 4. The number of rotatable bonds is 6. The zero-order chi connectivity index (χ0) is 18.8. The van der Waals surface area contributed by atoms with E-state index in [0.29, 0.717) is 18.4 Å². The van der Waals surface area contributed by atoms with Gasteiger partial charge in [-0.15, -0.1) is 23.7 Å².